The van der Waals surface area contributed by atoms with Crippen LogP contribution in [0.25, 0.3) is 0 Å². The monoisotopic (exact) mass is 281 g/mol. The number of hydrogen-bond donors (Lipinski definition) is 1. The highest BCUT2D eigenvalue weighted by Crippen LogP contribution is 2.43. The van der Waals surface area contributed by atoms with E-state index < -0.39 is 0 Å². The molecule has 1 N–H and O–H groups in total. The van der Waals surface area contributed by atoms with Crippen LogP contribution in [0.3, 0.4) is 0 Å². The van der Waals surface area contributed by atoms with Gasteiger partial charge in [0.15, 0.2) is 0 Å². The van der Waals surface area contributed by atoms with E-state index >= 15 is 0 Å². The fourth-order valence-electron chi connectivity index (χ4n) is 2.67. The van der Waals surface area contributed by atoms with Gasteiger partial charge in [-0.15, -0.1) is 0 Å². The minimum Gasteiger partial charge on any atom is -0.495 e. The molecule has 0 spiro atoms. The van der Waals surface area contributed by atoms with Crippen LogP contribution in [0.5, 0.6) is 5.75 Å². The number of methoxy groups -OCH3 is 1. The lowest BCUT2D eigenvalue weighted by atomic mass is 9.90. The largest absolute Gasteiger partial charge is 0.495 e. The van der Waals surface area contributed by atoms with Gasteiger partial charge in [-0.2, -0.15) is 0 Å². The van der Waals surface area contributed by atoms with Gasteiger partial charge in [-0.05, 0) is 55.3 Å². The zero-order valence-electron chi connectivity index (χ0n) is 12.1. The van der Waals surface area contributed by atoms with Gasteiger partial charge >= 0.3 is 0 Å². The predicted molar refractivity (Wildman–Crippen MR) is 80.9 cm³/mol. The Morgan fingerprint density at radius 3 is 2.74 bits per heavy atom. The minimum atomic E-state index is 0.401. The van der Waals surface area contributed by atoms with Crippen molar-refractivity contribution < 1.29 is 4.74 Å². The molecule has 2 unspecified atom stereocenters. The van der Waals surface area contributed by atoms with Gasteiger partial charge in [0.2, 0.25) is 0 Å². The predicted octanol–water partition coefficient (Wildman–Crippen LogP) is 4.44. The average Bonchev–Trinajstić information content (AvgIpc) is 3.24. The van der Waals surface area contributed by atoms with E-state index in [4.69, 9.17) is 16.3 Å². The first-order chi connectivity index (χ1) is 9.17. The molecule has 1 aliphatic carbocycles. The SMILES string of the molecule is CCCNC(c1ccc(Cl)c(OC)c1)C(C)C1CC1. The van der Waals surface area contributed by atoms with E-state index in [1.807, 2.05) is 6.07 Å². The van der Waals surface area contributed by atoms with E-state index in [1.54, 1.807) is 7.11 Å². The quantitative estimate of drug-likeness (QED) is 0.798. The number of nitrogens with one attached hydrogen (secondary N) is 1. The molecule has 0 heterocycles. The highest BCUT2D eigenvalue weighted by atomic mass is 35.5. The van der Waals surface area contributed by atoms with Crippen molar-refractivity contribution >= 4 is 11.6 Å². The van der Waals surface area contributed by atoms with E-state index in [9.17, 15) is 0 Å². The minimum absolute atomic E-state index is 0.401. The number of benzene rings is 1. The van der Waals surface area contributed by atoms with E-state index in [1.165, 1.54) is 18.4 Å². The standard InChI is InChI=1S/C16H24ClNO/c1-4-9-18-16(11(2)12-5-6-12)13-7-8-14(17)15(10-13)19-3/h7-8,10-12,16,18H,4-6,9H2,1-3H3. The summed E-state index contributed by atoms with van der Waals surface area (Å²) in [5, 5.41) is 4.36. The van der Waals surface area contributed by atoms with Gasteiger partial charge < -0.3 is 10.1 Å². The van der Waals surface area contributed by atoms with Crippen molar-refractivity contribution in [2.45, 2.75) is 39.2 Å². The van der Waals surface area contributed by atoms with E-state index in [2.05, 4.69) is 31.3 Å². The van der Waals surface area contributed by atoms with Gasteiger partial charge in [0, 0.05) is 6.04 Å². The van der Waals surface area contributed by atoms with Crippen LogP contribution in [0, 0.1) is 11.8 Å². The van der Waals surface area contributed by atoms with Crippen molar-refractivity contribution in [3.63, 3.8) is 0 Å². The molecule has 3 heteroatoms. The van der Waals surface area contributed by atoms with Crippen LogP contribution in [0.1, 0.15) is 44.7 Å². The lowest BCUT2D eigenvalue weighted by molar-refractivity contribution is 0.347. The van der Waals surface area contributed by atoms with Crippen LogP contribution in [0.15, 0.2) is 18.2 Å². The average molecular weight is 282 g/mol. The Kier molecular flexibility index (Phi) is 5.12. The van der Waals surface area contributed by atoms with Gasteiger partial charge in [-0.25, -0.2) is 0 Å². The normalized spacial score (nSPS) is 18.1. The molecule has 0 aliphatic heterocycles. The highest BCUT2D eigenvalue weighted by Gasteiger charge is 2.33. The first-order valence-corrected chi connectivity index (χ1v) is 7.62. The Morgan fingerprint density at radius 1 is 1.42 bits per heavy atom. The molecule has 1 aliphatic rings. The second-order valence-corrected chi connectivity index (χ2v) is 5.93. The zero-order chi connectivity index (χ0) is 13.8. The third-order valence-corrected chi connectivity index (χ3v) is 4.35. The molecule has 0 saturated heterocycles. The summed E-state index contributed by atoms with van der Waals surface area (Å²) in [5.41, 5.74) is 1.29. The Bertz CT molecular complexity index is 417. The van der Waals surface area contributed by atoms with Crippen molar-refractivity contribution in [3.05, 3.63) is 28.8 Å². The fourth-order valence-corrected chi connectivity index (χ4v) is 2.87. The second kappa shape index (κ2) is 6.62. The Labute approximate surface area is 121 Å². The third kappa shape index (κ3) is 3.64. The second-order valence-electron chi connectivity index (χ2n) is 5.52. The number of halogens is 1. The molecular formula is C16H24ClNO. The maximum atomic E-state index is 6.11. The van der Waals surface area contributed by atoms with Gasteiger partial charge in [-0.3, -0.25) is 0 Å². The van der Waals surface area contributed by atoms with Crippen molar-refractivity contribution in [3.8, 4) is 5.75 Å². The molecule has 1 aromatic rings. The molecule has 0 radical (unpaired) electrons. The first-order valence-electron chi connectivity index (χ1n) is 7.24. The molecule has 2 nitrogen and oxygen atoms in total. The highest BCUT2D eigenvalue weighted by molar-refractivity contribution is 6.32. The van der Waals surface area contributed by atoms with Crippen LogP contribution in [-0.2, 0) is 0 Å². The summed E-state index contributed by atoms with van der Waals surface area (Å²) in [7, 11) is 1.67. The third-order valence-electron chi connectivity index (χ3n) is 4.04. The van der Waals surface area contributed by atoms with Gasteiger partial charge in [-0.1, -0.05) is 31.5 Å². The molecule has 1 aromatic carbocycles. The van der Waals surface area contributed by atoms with Crippen LogP contribution in [0.2, 0.25) is 5.02 Å². The van der Waals surface area contributed by atoms with E-state index in [-0.39, 0.29) is 0 Å². The summed E-state index contributed by atoms with van der Waals surface area (Å²) in [6.45, 7) is 5.60. The van der Waals surface area contributed by atoms with Crippen molar-refractivity contribution in [2.24, 2.45) is 11.8 Å². The molecule has 0 amide bonds. The number of rotatable bonds is 7. The summed E-state index contributed by atoms with van der Waals surface area (Å²) in [6.07, 6.45) is 3.89. The summed E-state index contributed by atoms with van der Waals surface area (Å²) in [6, 6.07) is 6.54. The van der Waals surface area contributed by atoms with Gasteiger partial charge in [0.1, 0.15) is 5.75 Å². The maximum Gasteiger partial charge on any atom is 0.137 e. The Balaban J connectivity index is 2.20. The van der Waals surface area contributed by atoms with Gasteiger partial charge in [0.05, 0.1) is 12.1 Å². The molecule has 0 bridgehead atoms. The lowest BCUT2D eigenvalue weighted by Gasteiger charge is -2.26. The molecule has 2 rings (SSSR count). The molecule has 1 fully saturated rings. The molecule has 19 heavy (non-hydrogen) atoms. The zero-order valence-corrected chi connectivity index (χ0v) is 12.8. The molecule has 0 aromatic heterocycles. The van der Waals surface area contributed by atoms with Crippen LogP contribution in [0.4, 0.5) is 0 Å². The Hall–Kier alpha value is -0.730. The van der Waals surface area contributed by atoms with Crippen LogP contribution >= 0.6 is 11.6 Å². The van der Waals surface area contributed by atoms with Crippen molar-refractivity contribution in [1.29, 1.82) is 0 Å². The summed E-state index contributed by atoms with van der Waals surface area (Å²) < 4.78 is 5.34. The molecular weight excluding hydrogens is 258 g/mol. The van der Waals surface area contributed by atoms with Gasteiger partial charge in [0.25, 0.3) is 0 Å². The smallest absolute Gasteiger partial charge is 0.137 e. The maximum absolute atomic E-state index is 6.11. The lowest BCUT2D eigenvalue weighted by Crippen LogP contribution is -2.28. The first kappa shape index (κ1) is 14.7. The molecule has 106 valence electrons. The van der Waals surface area contributed by atoms with Crippen molar-refractivity contribution in [1.82, 2.24) is 5.32 Å². The Morgan fingerprint density at radius 2 is 2.16 bits per heavy atom. The summed E-state index contributed by atoms with van der Waals surface area (Å²) in [4.78, 5) is 0. The topological polar surface area (TPSA) is 21.3 Å². The number of hydrogen-bond acceptors (Lipinski definition) is 2. The molecule has 1 saturated carbocycles. The summed E-state index contributed by atoms with van der Waals surface area (Å²) in [5.74, 6) is 2.30. The van der Waals surface area contributed by atoms with Crippen molar-refractivity contribution in [2.75, 3.05) is 13.7 Å². The van der Waals surface area contributed by atoms with E-state index in [0.717, 1.165) is 24.6 Å². The van der Waals surface area contributed by atoms with Crippen LogP contribution in [-0.4, -0.2) is 13.7 Å². The van der Waals surface area contributed by atoms with E-state index in [0.29, 0.717) is 17.0 Å². The fraction of sp³-hybridized carbons (Fsp3) is 0.625. The molecule has 2 atom stereocenters. The number of ether oxygens (including phenoxy) is 1. The van der Waals surface area contributed by atoms with Crippen LogP contribution < -0.4 is 10.1 Å². The summed E-state index contributed by atoms with van der Waals surface area (Å²) >= 11 is 6.11.